The summed E-state index contributed by atoms with van der Waals surface area (Å²) in [6.07, 6.45) is -10.9. The van der Waals surface area contributed by atoms with Gasteiger partial charge in [-0.15, -0.1) is 13.2 Å². The molecule has 0 amide bonds. The van der Waals surface area contributed by atoms with Gasteiger partial charge in [-0.2, -0.15) is 18.4 Å². The Hall–Kier alpha value is -2.18. The van der Waals surface area contributed by atoms with Crippen LogP contribution in [0, 0.1) is 11.3 Å². The number of nitrogens with zero attached hydrogens (tertiary/aromatic N) is 2. The second-order valence-corrected chi connectivity index (χ2v) is 3.25. The molecule has 2 N–H and O–H groups in total. The zero-order chi connectivity index (χ0) is 14.8. The number of nitrogens with two attached hydrogens (primary N) is 1. The third-order valence-corrected chi connectivity index (χ3v) is 1.87. The van der Waals surface area contributed by atoms with Crippen molar-refractivity contribution in [2.45, 2.75) is 19.0 Å². The lowest BCUT2D eigenvalue weighted by atomic mass is 10.2. The number of aromatic nitrogens is 1. The molecule has 1 aromatic heterocycles. The monoisotopic (exact) mass is 285 g/mol. The molecule has 1 heterocycles. The van der Waals surface area contributed by atoms with Gasteiger partial charge in [0.1, 0.15) is 11.4 Å². The van der Waals surface area contributed by atoms with Crippen LogP contribution in [0.15, 0.2) is 6.07 Å². The smallest absolute Gasteiger partial charge is 0.404 e. The van der Waals surface area contributed by atoms with Gasteiger partial charge in [0.15, 0.2) is 5.75 Å². The summed E-state index contributed by atoms with van der Waals surface area (Å²) in [4.78, 5) is 3.12. The Balaban J connectivity index is 3.36. The van der Waals surface area contributed by atoms with Gasteiger partial charge in [0, 0.05) is 0 Å². The van der Waals surface area contributed by atoms with Crippen molar-refractivity contribution in [1.82, 2.24) is 4.98 Å². The summed E-state index contributed by atoms with van der Waals surface area (Å²) in [5.41, 5.74) is 2.81. The quantitative estimate of drug-likeness (QED) is 0.848. The van der Waals surface area contributed by atoms with Crippen LogP contribution in [0.25, 0.3) is 0 Å². The van der Waals surface area contributed by atoms with E-state index in [0.717, 1.165) is 0 Å². The predicted molar refractivity (Wildman–Crippen MR) is 49.7 cm³/mol. The number of alkyl halides is 6. The Morgan fingerprint density at radius 3 is 2.26 bits per heavy atom. The molecule has 1 rings (SSSR count). The van der Waals surface area contributed by atoms with Crippen molar-refractivity contribution < 1.29 is 31.1 Å². The van der Waals surface area contributed by atoms with Crippen LogP contribution in [0.5, 0.6) is 5.75 Å². The van der Waals surface area contributed by atoms with E-state index in [2.05, 4.69) is 9.72 Å². The Bertz CT molecular complexity index is 516. The molecule has 0 saturated carbocycles. The lowest BCUT2D eigenvalue weighted by Gasteiger charge is -2.15. The molecule has 0 spiro atoms. The third kappa shape index (κ3) is 3.90. The largest absolute Gasteiger partial charge is 0.573 e. The van der Waals surface area contributed by atoms with Crippen molar-refractivity contribution in [3.63, 3.8) is 0 Å². The number of nitriles is 1. The first kappa shape index (κ1) is 14.9. The predicted octanol–water partition coefficient (Wildman–Crippen LogP) is 2.65. The summed E-state index contributed by atoms with van der Waals surface area (Å²) in [5.74, 6) is -2.22. The molecule has 1 aromatic rings. The second kappa shape index (κ2) is 4.83. The molecule has 10 heteroatoms. The molecule has 0 aromatic carbocycles. The Morgan fingerprint density at radius 2 is 1.84 bits per heavy atom. The van der Waals surface area contributed by atoms with Gasteiger partial charge in [-0.25, -0.2) is 4.98 Å². The molecule has 0 aliphatic carbocycles. The SMILES string of the molecule is N#CCc1nc(N)c(C(F)(F)F)cc1OC(F)(F)F. The van der Waals surface area contributed by atoms with Crippen LogP contribution in [0.1, 0.15) is 11.3 Å². The molecule has 0 fully saturated rings. The van der Waals surface area contributed by atoms with Crippen LogP contribution in [0.4, 0.5) is 32.2 Å². The van der Waals surface area contributed by atoms with Crippen molar-refractivity contribution in [1.29, 1.82) is 5.26 Å². The lowest BCUT2D eigenvalue weighted by Crippen LogP contribution is -2.20. The van der Waals surface area contributed by atoms with Gasteiger partial charge in [-0.05, 0) is 6.07 Å². The molecule has 0 saturated heterocycles. The van der Waals surface area contributed by atoms with Crippen molar-refractivity contribution >= 4 is 5.82 Å². The maximum atomic E-state index is 12.5. The number of hydrogen-bond donors (Lipinski definition) is 1. The summed E-state index contributed by atoms with van der Waals surface area (Å²) >= 11 is 0. The van der Waals surface area contributed by atoms with Gasteiger partial charge < -0.3 is 10.5 Å². The van der Waals surface area contributed by atoms with Gasteiger partial charge in [0.25, 0.3) is 0 Å². The van der Waals surface area contributed by atoms with Crippen LogP contribution in [0.3, 0.4) is 0 Å². The molecule has 0 radical (unpaired) electrons. The molecule has 0 atom stereocenters. The van der Waals surface area contributed by atoms with Gasteiger partial charge in [-0.3, -0.25) is 0 Å². The van der Waals surface area contributed by atoms with Gasteiger partial charge in [0.05, 0.1) is 18.2 Å². The van der Waals surface area contributed by atoms with E-state index in [9.17, 15) is 26.3 Å². The number of nitrogen functional groups attached to an aromatic ring is 1. The molecule has 0 bridgehead atoms. The maximum Gasteiger partial charge on any atom is 0.573 e. The van der Waals surface area contributed by atoms with E-state index >= 15 is 0 Å². The van der Waals surface area contributed by atoms with Crippen molar-refractivity contribution in [3.05, 3.63) is 17.3 Å². The van der Waals surface area contributed by atoms with E-state index in [1.54, 1.807) is 0 Å². The number of hydrogen-bond acceptors (Lipinski definition) is 4. The van der Waals surface area contributed by atoms with E-state index in [0.29, 0.717) is 0 Å². The highest BCUT2D eigenvalue weighted by atomic mass is 19.4. The van der Waals surface area contributed by atoms with Crippen LogP contribution in [0.2, 0.25) is 0 Å². The standard InChI is InChI=1S/C9H5F6N3O/c10-8(11,12)4-3-6(19-9(13,14)15)5(1-2-16)18-7(4)17/h3H,1H2,(H2,17,18). The molecular weight excluding hydrogens is 280 g/mol. The second-order valence-electron chi connectivity index (χ2n) is 3.25. The molecule has 0 unspecified atom stereocenters. The maximum absolute atomic E-state index is 12.5. The number of anilines is 1. The van der Waals surface area contributed by atoms with Crippen molar-refractivity contribution in [3.8, 4) is 11.8 Å². The summed E-state index contributed by atoms with van der Waals surface area (Å²) in [5, 5.41) is 8.37. The Labute approximate surface area is 102 Å². The number of pyridine rings is 1. The van der Waals surface area contributed by atoms with E-state index in [1.165, 1.54) is 6.07 Å². The molecule has 104 valence electrons. The summed E-state index contributed by atoms with van der Waals surface area (Å²) in [6, 6.07) is 1.52. The average Bonchev–Trinajstić information content (AvgIpc) is 2.18. The third-order valence-electron chi connectivity index (χ3n) is 1.87. The highest BCUT2D eigenvalue weighted by Crippen LogP contribution is 2.37. The van der Waals surface area contributed by atoms with Gasteiger partial charge in [-0.1, -0.05) is 0 Å². The topological polar surface area (TPSA) is 71.9 Å². The number of ether oxygens (including phenoxy) is 1. The Kier molecular flexibility index (Phi) is 3.78. The van der Waals surface area contributed by atoms with Crippen molar-refractivity contribution in [2.75, 3.05) is 5.73 Å². The van der Waals surface area contributed by atoms with E-state index in [1.807, 2.05) is 0 Å². The summed E-state index contributed by atoms with van der Waals surface area (Å²) in [7, 11) is 0. The summed E-state index contributed by atoms with van der Waals surface area (Å²) < 4.78 is 76.9. The lowest BCUT2D eigenvalue weighted by molar-refractivity contribution is -0.275. The number of rotatable bonds is 2. The van der Waals surface area contributed by atoms with E-state index in [4.69, 9.17) is 11.0 Å². The summed E-state index contributed by atoms with van der Waals surface area (Å²) in [6.45, 7) is 0. The van der Waals surface area contributed by atoms with Crippen LogP contribution in [-0.2, 0) is 12.6 Å². The first-order valence-corrected chi connectivity index (χ1v) is 4.54. The molecular formula is C9H5F6N3O. The molecule has 4 nitrogen and oxygen atoms in total. The zero-order valence-corrected chi connectivity index (χ0v) is 8.93. The van der Waals surface area contributed by atoms with Gasteiger partial charge >= 0.3 is 12.5 Å². The van der Waals surface area contributed by atoms with E-state index < -0.39 is 41.8 Å². The van der Waals surface area contributed by atoms with Crippen molar-refractivity contribution in [2.24, 2.45) is 0 Å². The minimum Gasteiger partial charge on any atom is -0.404 e. The molecule has 19 heavy (non-hydrogen) atoms. The molecule has 0 aliphatic rings. The molecule has 0 aliphatic heterocycles. The van der Waals surface area contributed by atoms with Crippen LogP contribution >= 0.6 is 0 Å². The number of halogens is 6. The highest BCUT2D eigenvalue weighted by molar-refractivity contribution is 5.48. The first-order valence-electron chi connectivity index (χ1n) is 4.54. The minimum atomic E-state index is -5.20. The van der Waals surface area contributed by atoms with Crippen LogP contribution < -0.4 is 10.5 Å². The fraction of sp³-hybridized carbons (Fsp3) is 0.333. The van der Waals surface area contributed by atoms with Gasteiger partial charge in [0.2, 0.25) is 0 Å². The van der Waals surface area contributed by atoms with Crippen LogP contribution in [-0.4, -0.2) is 11.3 Å². The zero-order valence-electron chi connectivity index (χ0n) is 8.93. The first-order chi connectivity index (χ1) is 8.54. The Morgan fingerprint density at radius 1 is 1.26 bits per heavy atom. The van der Waals surface area contributed by atoms with E-state index in [-0.39, 0.29) is 6.07 Å². The minimum absolute atomic E-state index is 0.0719. The normalized spacial score (nSPS) is 12.1. The fourth-order valence-electron chi connectivity index (χ4n) is 1.19. The average molecular weight is 285 g/mol. The fourth-order valence-corrected chi connectivity index (χ4v) is 1.19. The highest BCUT2D eigenvalue weighted by Gasteiger charge is 2.38.